The van der Waals surface area contributed by atoms with Crippen molar-refractivity contribution in [3.05, 3.63) is 64.2 Å². The Hall–Kier alpha value is -2.75. The van der Waals surface area contributed by atoms with E-state index < -0.39 is 0 Å². The van der Waals surface area contributed by atoms with Crippen LogP contribution in [0.3, 0.4) is 0 Å². The van der Waals surface area contributed by atoms with Crippen molar-refractivity contribution >= 4 is 12.0 Å². The van der Waals surface area contributed by atoms with Gasteiger partial charge in [-0.05, 0) is 73.7 Å². The quantitative estimate of drug-likeness (QED) is 0.777. The van der Waals surface area contributed by atoms with Gasteiger partial charge in [0.15, 0.2) is 11.5 Å². The first-order valence-electron chi connectivity index (χ1n) is 8.64. The summed E-state index contributed by atoms with van der Waals surface area (Å²) in [7, 11) is 3.18. The van der Waals surface area contributed by atoms with Crippen LogP contribution >= 0.6 is 0 Å². The maximum absolute atomic E-state index is 12.3. The Morgan fingerprint density at radius 1 is 0.962 bits per heavy atom. The standard InChI is InChI=1S/C22H27NO3/c1-14-11-16(3)19(12-15(14)2)17(4)23-22(24)10-8-18-7-9-20(25-5)21(13-18)26-6/h7-13,17H,1-6H3,(H,23,24)/b10-8+/t17-/m1/s1. The van der Waals surface area contributed by atoms with Crippen LogP contribution in [0.4, 0.5) is 0 Å². The van der Waals surface area contributed by atoms with Crippen LogP contribution < -0.4 is 14.8 Å². The van der Waals surface area contributed by atoms with Crippen LogP contribution in [0.5, 0.6) is 11.5 Å². The Kier molecular flexibility index (Phi) is 6.45. The number of carbonyl (C=O) groups excluding carboxylic acids is 1. The van der Waals surface area contributed by atoms with Crippen LogP contribution in [0.25, 0.3) is 6.08 Å². The molecule has 2 aromatic rings. The van der Waals surface area contributed by atoms with Gasteiger partial charge < -0.3 is 14.8 Å². The van der Waals surface area contributed by atoms with Gasteiger partial charge in [-0.2, -0.15) is 0 Å². The lowest BCUT2D eigenvalue weighted by Crippen LogP contribution is -2.25. The van der Waals surface area contributed by atoms with Gasteiger partial charge in [0.25, 0.3) is 0 Å². The van der Waals surface area contributed by atoms with E-state index >= 15 is 0 Å². The van der Waals surface area contributed by atoms with Crippen LogP contribution in [0.1, 0.15) is 40.8 Å². The Balaban J connectivity index is 2.08. The van der Waals surface area contributed by atoms with Gasteiger partial charge in [0.1, 0.15) is 0 Å². The highest BCUT2D eigenvalue weighted by atomic mass is 16.5. The number of hydrogen-bond donors (Lipinski definition) is 1. The molecular weight excluding hydrogens is 326 g/mol. The Morgan fingerprint density at radius 3 is 2.27 bits per heavy atom. The van der Waals surface area contributed by atoms with Gasteiger partial charge in [-0.15, -0.1) is 0 Å². The highest BCUT2D eigenvalue weighted by Crippen LogP contribution is 2.28. The molecular formula is C22H27NO3. The summed E-state index contributed by atoms with van der Waals surface area (Å²) in [4.78, 5) is 12.3. The minimum atomic E-state index is -0.134. The number of methoxy groups -OCH3 is 2. The first-order valence-corrected chi connectivity index (χ1v) is 8.64. The van der Waals surface area contributed by atoms with Crippen molar-refractivity contribution in [1.82, 2.24) is 5.32 Å². The van der Waals surface area contributed by atoms with E-state index in [4.69, 9.17) is 9.47 Å². The third-order valence-corrected chi connectivity index (χ3v) is 4.54. The summed E-state index contributed by atoms with van der Waals surface area (Å²) in [5.41, 5.74) is 5.68. The lowest BCUT2D eigenvalue weighted by molar-refractivity contribution is -0.117. The molecule has 26 heavy (non-hydrogen) atoms. The van der Waals surface area contributed by atoms with Crippen LogP contribution in [0.2, 0.25) is 0 Å². The zero-order chi connectivity index (χ0) is 19.3. The average molecular weight is 353 g/mol. The molecule has 1 atom stereocenters. The highest BCUT2D eigenvalue weighted by Gasteiger charge is 2.11. The number of nitrogens with one attached hydrogen (secondary N) is 1. The number of rotatable bonds is 6. The van der Waals surface area contributed by atoms with Crippen molar-refractivity contribution in [1.29, 1.82) is 0 Å². The number of benzene rings is 2. The van der Waals surface area contributed by atoms with E-state index in [1.807, 2.05) is 25.1 Å². The van der Waals surface area contributed by atoms with Crippen molar-refractivity contribution in [2.75, 3.05) is 14.2 Å². The molecule has 4 nitrogen and oxygen atoms in total. The van der Waals surface area contributed by atoms with Gasteiger partial charge in [-0.3, -0.25) is 4.79 Å². The summed E-state index contributed by atoms with van der Waals surface area (Å²) in [6, 6.07) is 9.77. The smallest absolute Gasteiger partial charge is 0.244 e. The molecule has 0 spiro atoms. The van der Waals surface area contributed by atoms with Crippen molar-refractivity contribution in [3.63, 3.8) is 0 Å². The highest BCUT2D eigenvalue weighted by molar-refractivity contribution is 5.92. The molecule has 0 radical (unpaired) electrons. The number of ether oxygens (including phenoxy) is 2. The summed E-state index contributed by atoms with van der Waals surface area (Å²) >= 11 is 0. The number of aryl methyl sites for hydroxylation is 3. The van der Waals surface area contributed by atoms with E-state index in [0.717, 1.165) is 11.1 Å². The van der Waals surface area contributed by atoms with E-state index in [2.05, 4.69) is 38.2 Å². The zero-order valence-electron chi connectivity index (χ0n) is 16.3. The average Bonchev–Trinajstić information content (AvgIpc) is 2.62. The molecule has 0 unspecified atom stereocenters. The molecule has 4 heteroatoms. The molecule has 0 aromatic heterocycles. The second-order valence-corrected chi connectivity index (χ2v) is 6.47. The van der Waals surface area contributed by atoms with Crippen molar-refractivity contribution in [2.24, 2.45) is 0 Å². The molecule has 2 rings (SSSR count). The molecule has 1 amide bonds. The lowest BCUT2D eigenvalue weighted by atomic mass is 9.96. The van der Waals surface area contributed by atoms with E-state index in [0.29, 0.717) is 11.5 Å². The SMILES string of the molecule is COc1ccc(/C=C/C(=O)N[C@H](C)c2cc(C)c(C)cc2C)cc1OC. The van der Waals surface area contributed by atoms with Gasteiger partial charge >= 0.3 is 0 Å². The van der Waals surface area contributed by atoms with E-state index in [1.165, 1.54) is 22.8 Å². The number of amides is 1. The molecule has 0 heterocycles. The third-order valence-electron chi connectivity index (χ3n) is 4.54. The van der Waals surface area contributed by atoms with Gasteiger partial charge in [0, 0.05) is 6.08 Å². The van der Waals surface area contributed by atoms with Crippen molar-refractivity contribution < 1.29 is 14.3 Å². The minimum absolute atomic E-state index is 0.0585. The first kappa shape index (κ1) is 19.6. The Bertz CT molecular complexity index is 824. The van der Waals surface area contributed by atoms with E-state index in [1.54, 1.807) is 20.3 Å². The van der Waals surface area contributed by atoms with E-state index in [-0.39, 0.29) is 11.9 Å². The maximum atomic E-state index is 12.3. The predicted octanol–water partition coefficient (Wildman–Crippen LogP) is 4.52. The van der Waals surface area contributed by atoms with Crippen molar-refractivity contribution in [2.45, 2.75) is 33.7 Å². The second-order valence-electron chi connectivity index (χ2n) is 6.47. The van der Waals surface area contributed by atoms with Crippen LogP contribution in [0, 0.1) is 20.8 Å². The fourth-order valence-corrected chi connectivity index (χ4v) is 2.92. The summed E-state index contributed by atoms with van der Waals surface area (Å²) in [6.45, 7) is 8.26. The molecule has 0 saturated carbocycles. The normalized spacial score (nSPS) is 12.1. The largest absolute Gasteiger partial charge is 0.493 e. The molecule has 0 bridgehead atoms. The summed E-state index contributed by atoms with van der Waals surface area (Å²) in [5, 5.41) is 3.02. The van der Waals surface area contributed by atoms with Crippen molar-refractivity contribution in [3.8, 4) is 11.5 Å². The maximum Gasteiger partial charge on any atom is 0.244 e. The predicted molar refractivity (Wildman–Crippen MR) is 106 cm³/mol. The number of carbonyl (C=O) groups is 1. The summed E-state index contributed by atoms with van der Waals surface area (Å²) in [6.07, 6.45) is 3.30. The first-order chi connectivity index (χ1) is 12.3. The minimum Gasteiger partial charge on any atom is -0.493 e. The van der Waals surface area contributed by atoms with E-state index in [9.17, 15) is 4.79 Å². The van der Waals surface area contributed by atoms with Crippen LogP contribution in [-0.2, 0) is 4.79 Å². The number of hydrogen-bond acceptors (Lipinski definition) is 3. The fourth-order valence-electron chi connectivity index (χ4n) is 2.92. The molecule has 0 saturated heterocycles. The third kappa shape index (κ3) is 4.66. The van der Waals surface area contributed by atoms with Gasteiger partial charge in [0.2, 0.25) is 5.91 Å². The van der Waals surface area contributed by atoms with Gasteiger partial charge in [-0.25, -0.2) is 0 Å². The molecule has 0 aliphatic rings. The fraction of sp³-hybridized carbons (Fsp3) is 0.318. The zero-order valence-corrected chi connectivity index (χ0v) is 16.3. The molecule has 0 aliphatic carbocycles. The molecule has 2 aromatic carbocycles. The Labute approximate surface area is 155 Å². The topological polar surface area (TPSA) is 47.6 Å². The second kappa shape index (κ2) is 8.56. The Morgan fingerprint density at radius 2 is 1.62 bits per heavy atom. The summed E-state index contributed by atoms with van der Waals surface area (Å²) in [5.74, 6) is 1.16. The molecule has 0 aliphatic heterocycles. The van der Waals surface area contributed by atoms with Gasteiger partial charge in [0.05, 0.1) is 20.3 Å². The lowest BCUT2D eigenvalue weighted by Gasteiger charge is -2.17. The summed E-state index contributed by atoms with van der Waals surface area (Å²) < 4.78 is 10.5. The van der Waals surface area contributed by atoms with Crippen LogP contribution in [0.15, 0.2) is 36.4 Å². The molecule has 0 fully saturated rings. The van der Waals surface area contributed by atoms with Crippen LogP contribution in [-0.4, -0.2) is 20.1 Å². The molecule has 138 valence electrons. The molecule has 1 N–H and O–H groups in total. The van der Waals surface area contributed by atoms with Gasteiger partial charge in [-0.1, -0.05) is 18.2 Å². The monoisotopic (exact) mass is 353 g/mol.